The van der Waals surface area contributed by atoms with Gasteiger partial charge in [-0.25, -0.2) is 4.98 Å². The molecule has 2 saturated carbocycles. The number of pyridine rings is 1. The molecule has 2 atom stereocenters. The molecule has 0 spiro atoms. The molecule has 0 aromatic carbocycles. The highest BCUT2D eigenvalue weighted by Crippen LogP contribution is 2.46. The van der Waals surface area contributed by atoms with Crippen molar-refractivity contribution in [3.05, 3.63) is 34.6 Å². The van der Waals surface area contributed by atoms with Crippen molar-refractivity contribution < 1.29 is 9.53 Å². The van der Waals surface area contributed by atoms with Crippen molar-refractivity contribution in [3.8, 4) is 5.88 Å². The maximum absolute atomic E-state index is 12.8. The molecule has 6 nitrogen and oxygen atoms in total. The van der Waals surface area contributed by atoms with Crippen molar-refractivity contribution in [1.29, 1.82) is 0 Å². The summed E-state index contributed by atoms with van der Waals surface area (Å²) >= 11 is 0. The standard InChI is InChI=1S/C19H24N4O2/c1-10-8-14(10)15-9-16(23-22-15)21-18(24)17-11(2)7-12(3)20-19(17)25-13-5-4-6-13/h7,9-10,13-14H,4-6,8H2,1-3H3,(H2,21,22,23,24). The number of aromatic nitrogens is 3. The second kappa shape index (κ2) is 6.17. The van der Waals surface area contributed by atoms with Gasteiger partial charge < -0.3 is 10.1 Å². The zero-order chi connectivity index (χ0) is 17.6. The first kappa shape index (κ1) is 16.1. The molecule has 6 heteroatoms. The molecular formula is C19H24N4O2. The van der Waals surface area contributed by atoms with E-state index in [2.05, 4.69) is 27.4 Å². The second-order valence-corrected chi connectivity index (χ2v) is 7.41. The smallest absolute Gasteiger partial charge is 0.262 e. The number of aryl methyl sites for hydroxylation is 2. The van der Waals surface area contributed by atoms with Crippen molar-refractivity contribution >= 4 is 11.7 Å². The molecule has 2 heterocycles. The summed E-state index contributed by atoms with van der Waals surface area (Å²) in [5, 5.41) is 10.1. The summed E-state index contributed by atoms with van der Waals surface area (Å²) in [7, 11) is 0. The Balaban J connectivity index is 1.55. The monoisotopic (exact) mass is 340 g/mol. The molecule has 0 aliphatic heterocycles. The van der Waals surface area contributed by atoms with E-state index in [9.17, 15) is 4.79 Å². The van der Waals surface area contributed by atoms with E-state index in [1.807, 2.05) is 26.0 Å². The number of carbonyl (C=O) groups excluding carboxylic acids is 1. The van der Waals surface area contributed by atoms with Gasteiger partial charge in [0.1, 0.15) is 11.7 Å². The number of hydrogen-bond donors (Lipinski definition) is 2. The van der Waals surface area contributed by atoms with E-state index >= 15 is 0 Å². The Morgan fingerprint density at radius 3 is 2.72 bits per heavy atom. The number of nitrogens with one attached hydrogen (secondary N) is 2. The van der Waals surface area contributed by atoms with Crippen LogP contribution >= 0.6 is 0 Å². The van der Waals surface area contributed by atoms with Crippen molar-refractivity contribution in [2.24, 2.45) is 5.92 Å². The third-order valence-corrected chi connectivity index (χ3v) is 5.22. The van der Waals surface area contributed by atoms with Gasteiger partial charge in [-0.1, -0.05) is 6.92 Å². The number of rotatable bonds is 5. The van der Waals surface area contributed by atoms with E-state index < -0.39 is 0 Å². The summed E-state index contributed by atoms with van der Waals surface area (Å²) in [5.74, 6) is 2.00. The fourth-order valence-electron chi connectivity index (χ4n) is 3.34. The van der Waals surface area contributed by atoms with Gasteiger partial charge in [0.05, 0.1) is 0 Å². The first-order chi connectivity index (χ1) is 12.0. The van der Waals surface area contributed by atoms with Gasteiger partial charge in [-0.3, -0.25) is 9.89 Å². The van der Waals surface area contributed by atoms with Gasteiger partial charge in [0.15, 0.2) is 5.82 Å². The lowest BCUT2D eigenvalue weighted by molar-refractivity contribution is 0.0977. The minimum Gasteiger partial charge on any atom is -0.474 e. The highest BCUT2D eigenvalue weighted by molar-refractivity contribution is 6.06. The Hall–Kier alpha value is -2.37. The highest BCUT2D eigenvalue weighted by Gasteiger charge is 2.35. The average Bonchev–Trinajstić information content (AvgIpc) is 3.04. The molecule has 2 aliphatic carbocycles. The van der Waals surface area contributed by atoms with Crippen molar-refractivity contribution in [1.82, 2.24) is 15.2 Å². The molecule has 0 radical (unpaired) electrons. The topological polar surface area (TPSA) is 79.9 Å². The molecular weight excluding hydrogens is 316 g/mol. The predicted octanol–water partition coefficient (Wildman–Crippen LogP) is 3.73. The molecule has 2 N–H and O–H groups in total. The lowest BCUT2D eigenvalue weighted by atomic mass is 9.96. The Morgan fingerprint density at radius 1 is 1.32 bits per heavy atom. The number of anilines is 1. The van der Waals surface area contributed by atoms with Gasteiger partial charge in [-0.15, -0.1) is 0 Å². The lowest BCUT2D eigenvalue weighted by Crippen LogP contribution is -2.27. The molecule has 2 fully saturated rings. The van der Waals surface area contributed by atoms with Crippen LogP contribution in [0.4, 0.5) is 5.82 Å². The first-order valence-electron chi connectivity index (χ1n) is 9.03. The van der Waals surface area contributed by atoms with Gasteiger partial charge in [0.25, 0.3) is 5.91 Å². The number of aromatic amines is 1. The van der Waals surface area contributed by atoms with E-state index in [1.54, 1.807) is 0 Å². The predicted molar refractivity (Wildman–Crippen MR) is 95.0 cm³/mol. The summed E-state index contributed by atoms with van der Waals surface area (Å²) < 4.78 is 5.97. The molecule has 132 valence electrons. The molecule has 2 unspecified atom stereocenters. The maximum atomic E-state index is 12.8. The van der Waals surface area contributed by atoms with Crippen LogP contribution in [-0.4, -0.2) is 27.2 Å². The molecule has 1 amide bonds. The van der Waals surface area contributed by atoms with Crippen molar-refractivity contribution in [2.75, 3.05) is 5.32 Å². The van der Waals surface area contributed by atoms with Crippen LogP contribution < -0.4 is 10.1 Å². The summed E-state index contributed by atoms with van der Waals surface area (Å²) in [6, 6.07) is 3.83. The van der Waals surface area contributed by atoms with Crippen LogP contribution in [0.25, 0.3) is 0 Å². The fraction of sp³-hybridized carbons (Fsp3) is 0.526. The minimum absolute atomic E-state index is 0.175. The van der Waals surface area contributed by atoms with Gasteiger partial charge in [-0.2, -0.15) is 5.10 Å². The molecule has 2 aliphatic rings. The quantitative estimate of drug-likeness (QED) is 0.869. The van der Waals surface area contributed by atoms with Crippen molar-refractivity contribution in [2.45, 2.75) is 58.5 Å². The van der Waals surface area contributed by atoms with Gasteiger partial charge >= 0.3 is 0 Å². The number of carbonyl (C=O) groups is 1. The number of amides is 1. The van der Waals surface area contributed by atoms with Gasteiger partial charge in [0, 0.05) is 23.4 Å². The van der Waals surface area contributed by atoms with Crippen LogP contribution in [0.1, 0.15) is 65.8 Å². The van der Waals surface area contributed by atoms with E-state index in [0.29, 0.717) is 29.1 Å². The Bertz CT molecular complexity index is 810. The molecule has 2 aromatic rings. The molecule has 25 heavy (non-hydrogen) atoms. The first-order valence-corrected chi connectivity index (χ1v) is 9.03. The highest BCUT2D eigenvalue weighted by atomic mass is 16.5. The maximum Gasteiger partial charge on any atom is 0.262 e. The third-order valence-electron chi connectivity index (χ3n) is 5.22. The van der Waals surface area contributed by atoms with Crippen molar-refractivity contribution in [3.63, 3.8) is 0 Å². The Labute approximate surface area is 147 Å². The van der Waals surface area contributed by atoms with Gasteiger partial charge in [-0.05, 0) is 57.1 Å². The van der Waals surface area contributed by atoms with E-state index in [-0.39, 0.29) is 12.0 Å². The van der Waals surface area contributed by atoms with E-state index in [4.69, 9.17) is 4.74 Å². The molecule has 2 aromatic heterocycles. The van der Waals surface area contributed by atoms with Crippen LogP contribution in [0.2, 0.25) is 0 Å². The summed E-state index contributed by atoms with van der Waals surface area (Å²) in [4.78, 5) is 17.3. The number of H-pyrrole nitrogens is 1. The van der Waals surface area contributed by atoms with Crippen LogP contribution in [0, 0.1) is 19.8 Å². The zero-order valence-electron chi connectivity index (χ0n) is 14.9. The molecule has 4 rings (SSSR count). The van der Waals surface area contributed by atoms with E-state index in [0.717, 1.165) is 29.8 Å². The third kappa shape index (κ3) is 3.25. The summed E-state index contributed by atoms with van der Waals surface area (Å²) in [5.41, 5.74) is 3.31. The minimum atomic E-state index is -0.221. The SMILES string of the molecule is Cc1cc(C)c(C(=O)Nc2cc(C3CC3C)[nH]n2)c(OC2CCC2)n1. The second-order valence-electron chi connectivity index (χ2n) is 7.41. The zero-order valence-corrected chi connectivity index (χ0v) is 14.9. The molecule has 0 saturated heterocycles. The Kier molecular flexibility index (Phi) is 3.98. The summed E-state index contributed by atoms with van der Waals surface area (Å²) in [6.07, 6.45) is 4.58. The fourth-order valence-corrected chi connectivity index (χ4v) is 3.34. The summed E-state index contributed by atoms with van der Waals surface area (Å²) in [6.45, 7) is 6.05. The van der Waals surface area contributed by atoms with E-state index in [1.165, 1.54) is 12.8 Å². The number of nitrogens with zero attached hydrogens (tertiary/aromatic N) is 2. The number of ether oxygens (including phenoxy) is 1. The van der Waals surface area contributed by atoms with Crippen LogP contribution in [-0.2, 0) is 0 Å². The molecule has 0 bridgehead atoms. The average molecular weight is 340 g/mol. The van der Waals surface area contributed by atoms with Crippen LogP contribution in [0.5, 0.6) is 5.88 Å². The van der Waals surface area contributed by atoms with Crippen LogP contribution in [0.15, 0.2) is 12.1 Å². The normalized spacial score (nSPS) is 22.4. The lowest BCUT2D eigenvalue weighted by Gasteiger charge is -2.27. The Morgan fingerprint density at radius 2 is 2.08 bits per heavy atom. The van der Waals surface area contributed by atoms with Crippen LogP contribution in [0.3, 0.4) is 0 Å². The largest absolute Gasteiger partial charge is 0.474 e. The number of hydrogen-bond acceptors (Lipinski definition) is 4. The van der Waals surface area contributed by atoms with Gasteiger partial charge in [0.2, 0.25) is 5.88 Å².